The van der Waals surface area contributed by atoms with Gasteiger partial charge in [0.05, 0.1) is 12.7 Å². The summed E-state index contributed by atoms with van der Waals surface area (Å²) in [5.74, 6) is 0.736. The van der Waals surface area contributed by atoms with Crippen LogP contribution in [0.4, 0.5) is 4.79 Å². The minimum Gasteiger partial charge on any atom is -0.379 e. The summed E-state index contributed by atoms with van der Waals surface area (Å²) in [4.78, 5) is 14.6. The summed E-state index contributed by atoms with van der Waals surface area (Å²) in [7, 11) is 0. The summed E-state index contributed by atoms with van der Waals surface area (Å²) >= 11 is 0. The minimum absolute atomic E-state index is 0.131. The van der Waals surface area contributed by atoms with Crippen LogP contribution in [0.2, 0.25) is 0 Å². The number of nitrogens with zero attached hydrogens (tertiary/aromatic N) is 1. The third-order valence-electron chi connectivity index (χ3n) is 5.42. The van der Waals surface area contributed by atoms with Gasteiger partial charge < -0.3 is 19.7 Å². The highest BCUT2D eigenvalue weighted by Crippen LogP contribution is 2.39. The standard InChI is InChI=1S/C17H30N2O3/c1-13-11-14-5-2-3-6-16(14)19(13)17(20)18-8-4-9-22-15-7-10-21-12-15/h13-16H,2-12H2,1H3,(H,18,20)/t13-,14+,15-,16-/m1/s1. The Labute approximate surface area is 133 Å². The number of urea groups is 1. The maximum absolute atomic E-state index is 12.5. The first kappa shape index (κ1) is 16.1. The van der Waals surface area contributed by atoms with E-state index in [4.69, 9.17) is 9.47 Å². The lowest BCUT2D eigenvalue weighted by atomic mass is 9.85. The van der Waals surface area contributed by atoms with Crippen LogP contribution >= 0.6 is 0 Å². The Morgan fingerprint density at radius 1 is 1.32 bits per heavy atom. The third-order valence-corrected chi connectivity index (χ3v) is 5.42. The topological polar surface area (TPSA) is 50.8 Å². The number of nitrogens with one attached hydrogen (secondary N) is 1. The van der Waals surface area contributed by atoms with Gasteiger partial charge >= 0.3 is 6.03 Å². The van der Waals surface area contributed by atoms with Gasteiger partial charge in [-0.05, 0) is 44.9 Å². The van der Waals surface area contributed by atoms with Crippen molar-refractivity contribution in [3.05, 3.63) is 0 Å². The largest absolute Gasteiger partial charge is 0.379 e. The van der Waals surface area contributed by atoms with E-state index in [-0.39, 0.29) is 12.1 Å². The van der Waals surface area contributed by atoms with Crippen molar-refractivity contribution in [2.45, 2.75) is 70.1 Å². The van der Waals surface area contributed by atoms with Crippen molar-refractivity contribution >= 4 is 6.03 Å². The predicted octanol–water partition coefficient (Wildman–Crippen LogP) is 2.54. The normalized spacial score (nSPS) is 34.7. The highest BCUT2D eigenvalue weighted by Gasteiger charge is 2.42. The Morgan fingerprint density at radius 3 is 3.00 bits per heavy atom. The zero-order valence-corrected chi connectivity index (χ0v) is 13.8. The van der Waals surface area contributed by atoms with Crippen molar-refractivity contribution in [2.24, 2.45) is 5.92 Å². The summed E-state index contributed by atoms with van der Waals surface area (Å²) in [6, 6.07) is 1.00. The molecule has 0 bridgehead atoms. The number of ether oxygens (including phenoxy) is 2. The molecule has 5 heteroatoms. The van der Waals surface area contributed by atoms with Gasteiger partial charge in [-0.3, -0.25) is 0 Å². The van der Waals surface area contributed by atoms with E-state index in [2.05, 4.69) is 17.1 Å². The predicted molar refractivity (Wildman–Crippen MR) is 84.9 cm³/mol. The third kappa shape index (κ3) is 3.74. The molecule has 3 aliphatic rings. The van der Waals surface area contributed by atoms with Crippen molar-refractivity contribution in [3.8, 4) is 0 Å². The van der Waals surface area contributed by atoms with Crippen LogP contribution < -0.4 is 5.32 Å². The molecule has 4 atom stereocenters. The average molecular weight is 310 g/mol. The Bertz CT molecular complexity index is 371. The number of hydrogen-bond acceptors (Lipinski definition) is 3. The number of carbonyl (C=O) groups is 1. The molecular weight excluding hydrogens is 280 g/mol. The SMILES string of the molecule is C[C@@H]1C[C@@H]2CCCC[C@H]2N1C(=O)NCCCO[C@@H]1CCOC1. The van der Waals surface area contributed by atoms with Crippen LogP contribution in [-0.2, 0) is 9.47 Å². The van der Waals surface area contributed by atoms with Gasteiger partial charge in [0.25, 0.3) is 0 Å². The van der Waals surface area contributed by atoms with Crippen molar-refractivity contribution in [1.29, 1.82) is 0 Å². The number of carbonyl (C=O) groups excluding carboxylic acids is 1. The zero-order chi connectivity index (χ0) is 15.4. The first-order valence-electron chi connectivity index (χ1n) is 9.01. The fourth-order valence-corrected chi connectivity index (χ4v) is 4.31. The molecule has 2 amide bonds. The molecule has 1 saturated carbocycles. The molecule has 0 spiro atoms. The molecule has 2 aliphatic heterocycles. The molecule has 1 aliphatic carbocycles. The summed E-state index contributed by atoms with van der Waals surface area (Å²) < 4.78 is 11.0. The van der Waals surface area contributed by atoms with Gasteiger partial charge in [-0.25, -0.2) is 4.79 Å². The van der Waals surface area contributed by atoms with Crippen LogP contribution in [0, 0.1) is 5.92 Å². The Kier molecular flexibility index (Phi) is 5.58. The molecule has 2 saturated heterocycles. The van der Waals surface area contributed by atoms with E-state index in [0.717, 1.165) is 32.0 Å². The zero-order valence-electron chi connectivity index (χ0n) is 13.8. The van der Waals surface area contributed by atoms with E-state index in [1.165, 1.54) is 32.1 Å². The van der Waals surface area contributed by atoms with Crippen molar-refractivity contribution < 1.29 is 14.3 Å². The molecule has 0 radical (unpaired) electrons. The maximum atomic E-state index is 12.5. The average Bonchev–Trinajstić information content (AvgIpc) is 3.13. The lowest BCUT2D eigenvalue weighted by molar-refractivity contribution is 0.0416. The molecule has 126 valence electrons. The van der Waals surface area contributed by atoms with Crippen LogP contribution in [0.15, 0.2) is 0 Å². The molecule has 5 nitrogen and oxygen atoms in total. The fourth-order valence-electron chi connectivity index (χ4n) is 4.31. The lowest BCUT2D eigenvalue weighted by Crippen LogP contribution is -2.48. The first-order valence-corrected chi connectivity index (χ1v) is 9.01. The van der Waals surface area contributed by atoms with Crippen molar-refractivity contribution in [3.63, 3.8) is 0 Å². The Balaban J connectivity index is 1.36. The molecule has 22 heavy (non-hydrogen) atoms. The molecule has 0 aromatic rings. The number of likely N-dealkylation sites (tertiary alicyclic amines) is 1. The fraction of sp³-hybridized carbons (Fsp3) is 0.941. The van der Waals surface area contributed by atoms with E-state index in [1.807, 2.05) is 0 Å². The summed E-state index contributed by atoms with van der Waals surface area (Å²) in [5, 5.41) is 3.09. The molecular formula is C17H30N2O3. The van der Waals surface area contributed by atoms with Gasteiger partial charge in [0.1, 0.15) is 0 Å². The molecule has 1 N–H and O–H groups in total. The van der Waals surface area contributed by atoms with Gasteiger partial charge in [-0.15, -0.1) is 0 Å². The number of rotatable bonds is 5. The highest BCUT2D eigenvalue weighted by molar-refractivity contribution is 5.75. The van der Waals surface area contributed by atoms with Crippen molar-refractivity contribution in [1.82, 2.24) is 10.2 Å². The van der Waals surface area contributed by atoms with E-state index in [9.17, 15) is 4.79 Å². The number of fused-ring (bicyclic) bond motifs is 1. The Morgan fingerprint density at radius 2 is 2.18 bits per heavy atom. The molecule has 0 unspecified atom stereocenters. The second kappa shape index (κ2) is 7.64. The number of hydrogen-bond donors (Lipinski definition) is 1. The highest BCUT2D eigenvalue weighted by atomic mass is 16.5. The second-order valence-electron chi connectivity index (χ2n) is 7.05. The molecule has 3 fully saturated rings. The van der Waals surface area contributed by atoms with E-state index in [0.29, 0.717) is 25.2 Å². The molecule has 0 aromatic carbocycles. The van der Waals surface area contributed by atoms with Crippen LogP contribution in [0.25, 0.3) is 0 Å². The number of amides is 2. The van der Waals surface area contributed by atoms with Crippen LogP contribution in [0.5, 0.6) is 0 Å². The van der Waals surface area contributed by atoms with Crippen LogP contribution in [0.1, 0.15) is 51.9 Å². The van der Waals surface area contributed by atoms with Crippen LogP contribution in [-0.4, -0.2) is 55.5 Å². The van der Waals surface area contributed by atoms with Gasteiger partial charge in [-0.2, -0.15) is 0 Å². The van der Waals surface area contributed by atoms with Gasteiger partial charge in [-0.1, -0.05) is 12.8 Å². The van der Waals surface area contributed by atoms with Gasteiger partial charge in [0.15, 0.2) is 0 Å². The van der Waals surface area contributed by atoms with Crippen LogP contribution in [0.3, 0.4) is 0 Å². The molecule has 2 heterocycles. The summed E-state index contributed by atoms with van der Waals surface area (Å²) in [6.07, 6.45) is 8.42. The molecule has 3 rings (SSSR count). The molecule has 0 aromatic heterocycles. The summed E-state index contributed by atoms with van der Waals surface area (Å²) in [6.45, 7) is 5.14. The monoisotopic (exact) mass is 310 g/mol. The first-order chi connectivity index (χ1) is 10.8. The van der Waals surface area contributed by atoms with Gasteiger partial charge in [0.2, 0.25) is 0 Å². The second-order valence-corrected chi connectivity index (χ2v) is 7.05. The summed E-state index contributed by atoms with van der Waals surface area (Å²) in [5.41, 5.74) is 0. The maximum Gasteiger partial charge on any atom is 0.317 e. The van der Waals surface area contributed by atoms with Crippen molar-refractivity contribution in [2.75, 3.05) is 26.4 Å². The lowest BCUT2D eigenvalue weighted by Gasteiger charge is -2.33. The van der Waals surface area contributed by atoms with E-state index >= 15 is 0 Å². The van der Waals surface area contributed by atoms with E-state index < -0.39 is 0 Å². The minimum atomic E-state index is 0.131. The quantitative estimate of drug-likeness (QED) is 0.794. The Hall–Kier alpha value is -0.810. The smallest absolute Gasteiger partial charge is 0.317 e. The van der Waals surface area contributed by atoms with Gasteiger partial charge in [0, 0.05) is 31.8 Å². The van der Waals surface area contributed by atoms with E-state index in [1.54, 1.807) is 0 Å².